The molecule has 15 heavy (non-hydrogen) atoms. The van der Waals surface area contributed by atoms with Crippen LogP contribution in [0, 0.1) is 18.7 Å². The maximum atomic E-state index is 13.1. The molecule has 0 fully saturated rings. The summed E-state index contributed by atoms with van der Waals surface area (Å²) in [5.41, 5.74) is 3.32. The van der Waals surface area contributed by atoms with Gasteiger partial charge in [0.2, 0.25) is 0 Å². The largest absolute Gasteiger partial charge is 0.207 e. The first-order valence-corrected chi connectivity index (χ1v) is 5.49. The highest BCUT2D eigenvalue weighted by molar-refractivity contribution is 5.66. The van der Waals surface area contributed by atoms with Gasteiger partial charge in [-0.05, 0) is 48.6 Å². The Balaban J connectivity index is 3.04. The van der Waals surface area contributed by atoms with E-state index in [-0.39, 0.29) is 5.82 Å². The number of benzene rings is 1. The molecule has 0 aliphatic rings. The van der Waals surface area contributed by atoms with E-state index >= 15 is 0 Å². The zero-order valence-electron chi connectivity index (χ0n) is 9.97. The predicted molar refractivity (Wildman–Crippen MR) is 64.2 cm³/mol. The molecule has 0 aliphatic heterocycles. The van der Waals surface area contributed by atoms with Crippen LogP contribution in [0.15, 0.2) is 24.3 Å². The van der Waals surface area contributed by atoms with Gasteiger partial charge in [-0.1, -0.05) is 32.4 Å². The molecule has 0 bridgehead atoms. The Labute approximate surface area is 91.8 Å². The lowest BCUT2D eigenvalue weighted by atomic mass is 9.97. The van der Waals surface area contributed by atoms with Crippen LogP contribution in [-0.2, 0) is 0 Å². The fourth-order valence-electron chi connectivity index (χ4n) is 1.65. The molecular weight excluding hydrogens is 187 g/mol. The van der Waals surface area contributed by atoms with E-state index in [9.17, 15) is 4.39 Å². The molecule has 0 radical (unpaired) electrons. The summed E-state index contributed by atoms with van der Waals surface area (Å²) in [7, 11) is 0. The van der Waals surface area contributed by atoms with Gasteiger partial charge in [0.1, 0.15) is 5.82 Å². The first-order valence-electron chi connectivity index (χ1n) is 5.49. The van der Waals surface area contributed by atoms with Crippen molar-refractivity contribution in [1.29, 1.82) is 0 Å². The van der Waals surface area contributed by atoms with Gasteiger partial charge in [-0.25, -0.2) is 4.39 Å². The van der Waals surface area contributed by atoms with Gasteiger partial charge in [-0.3, -0.25) is 0 Å². The highest BCUT2D eigenvalue weighted by atomic mass is 19.1. The average Bonchev–Trinajstić information content (AvgIpc) is 2.21. The van der Waals surface area contributed by atoms with Crippen LogP contribution in [-0.4, -0.2) is 0 Å². The van der Waals surface area contributed by atoms with Gasteiger partial charge in [0.15, 0.2) is 0 Å². The molecule has 0 aromatic heterocycles. The van der Waals surface area contributed by atoms with Crippen molar-refractivity contribution in [3.8, 4) is 0 Å². The maximum absolute atomic E-state index is 13.1. The van der Waals surface area contributed by atoms with Crippen molar-refractivity contribution in [3.05, 3.63) is 41.2 Å². The van der Waals surface area contributed by atoms with Crippen LogP contribution in [0.3, 0.4) is 0 Å². The van der Waals surface area contributed by atoms with Crippen molar-refractivity contribution in [2.45, 2.75) is 34.1 Å². The van der Waals surface area contributed by atoms with E-state index < -0.39 is 0 Å². The maximum Gasteiger partial charge on any atom is 0.123 e. The van der Waals surface area contributed by atoms with Crippen molar-refractivity contribution < 1.29 is 4.39 Å². The number of aryl methyl sites for hydroxylation is 1. The van der Waals surface area contributed by atoms with Gasteiger partial charge in [0, 0.05) is 0 Å². The molecule has 0 amide bonds. The third-order valence-corrected chi connectivity index (χ3v) is 2.80. The van der Waals surface area contributed by atoms with E-state index in [1.165, 1.54) is 11.6 Å². The fourth-order valence-corrected chi connectivity index (χ4v) is 1.65. The lowest BCUT2D eigenvalue weighted by molar-refractivity contribution is 0.626. The number of hydrogen-bond donors (Lipinski definition) is 0. The average molecular weight is 206 g/mol. The normalized spacial score (nSPS) is 14.1. The fraction of sp³-hybridized carbons (Fsp3) is 0.429. The van der Waals surface area contributed by atoms with Crippen LogP contribution in [0.1, 0.15) is 38.3 Å². The summed E-state index contributed by atoms with van der Waals surface area (Å²) in [6.07, 6.45) is 3.33. The van der Waals surface area contributed by atoms with Crippen LogP contribution >= 0.6 is 0 Å². The Bertz CT molecular complexity index is 364. The van der Waals surface area contributed by atoms with E-state index in [1.807, 2.05) is 19.9 Å². The van der Waals surface area contributed by atoms with Gasteiger partial charge in [0.05, 0.1) is 0 Å². The van der Waals surface area contributed by atoms with Crippen LogP contribution in [0.5, 0.6) is 0 Å². The highest BCUT2D eigenvalue weighted by Crippen LogP contribution is 2.21. The van der Waals surface area contributed by atoms with Crippen molar-refractivity contribution in [2.75, 3.05) is 0 Å². The summed E-state index contributed by atoms with van der Waals surface area (Å²) in [6, 6.07) is 4.96. The van der Waals surface area contributed by atoms with Gasteiger partial charge >= 0.3 is 0 Å². The zero-order valence-corrected chi connectivity index (χ0v) is 9.97. The first kappa shape index (κ1) is 12.0. The van der Waals surface area contributed by atoms with Gasteiger partial charge in [0.25, 0.3) is 0 Å². The molecule has 0 aliphatic carbocycles. The summed E-state index contributed by atoms with van der Waals surface area (Å²) in [6.45, 7) is 8.40. The van der Waals surface area contributed by atoms with E-state index in [0.717, 1.165) is 17.5 Å². The first-order chi connectivity index (χ1) is 7.04. The molecule has 0 nitrogen and oxygen atoms in total. The van der Waals surface area contributed by atoms with Crippen molar-refractivity contribution in [1.82, 2.24) is 0 Å². The summed E-state index contributed by atoms with van der Waals surface area (Å²) in [5.74, 6) is 0.389. The van der Waals surface area contributed by atoms with Crippen LogP contribution in [0.25, 0.3) is 5.57 Å². The molecule has 0 saturated carbocycles. The van der Waals surface area contributed by atoms with Gasteiger partial charge < -0.3 is 0 Å². The van der Waals surface area contributed by atoms with Crippen molar-refractivity contribution in [3.63, 3.8) is 0 Å². The number of halogens is 1. The molecule has 1 atom stereocenters. The number of allylic oxidation sites excluding steroid dienone is 2. The zero-order chi connectivity index (χ0) is 11.4. The Kier molecular flexibility index (Phi) is 4.07. The molecular formula is C14H19F. The smallest absolute Gasteiger partial charge is 0.123 e. The molecule has 1 heteroatoms. The van der Waals surface area contributed by atoms with Gasteiger partial charge in [-0.2, -0.15) is 0 Å². The van der Waals surface area contributed by atoms with Crippen molar-refractivity contribution in [2.24, 2.45) is 5.92 Å². The molecule has 1 rings (SSSR count). The minimum Gasteiger partial charge on any atom is -0.207 e. The Hall–Kier alpha value is -1.11. The third kappa shape index (κ3) is 3.19. The van der Waals surface area contributed by atoms with Crippen LogP contribution in [0.4, 0.5) is 4.39 Å². The standard InChI is InChI=1S/C14H19F/c1-5-10(2)8-12(4)14-9-13(15)7-6-11(14)3/h6-10H,5H2,1-4H3/b12-8-. The Morgan fingerprint density at radius 3 is 2.73 bits per heavy atom. The molecule has 1 unspecified atom stereocenters. The molecule has 0 N–H and O–H groups in total. The summed E-state index contributed by atoms with van der Waals surface area (Å²) in [4.78, 5) is 0. The van der Waals surface area contributed by atoms with E-state index in [4.69, 9.17) is 0 Å². The summed E-state index contributed by atoms with van der Waals surface area (Å²) >= 11 is 0. The quantitative estimate of drug-likeness (QED) is 0.679. The second-order valence-corrected chi connectivity index (χ2v) is 4.19. The second-order valence-electron chi connectivity index (χ2n) is 4.19. The predicted octanol–water partition coefficient (Wildman–Crippen LogP) is 4.58. The van der Waals surface area contributed by atoms with Crippen LogP contribution < -0.4 is 0 Å². The van der Waals surface area contributed by atoms with Gasteiger partial charge in [-0.15, -0.1) is 0 Å². The lowest BCUT2D eigenvalue weighted by Crippen LogP contribution is -1.91. The molecule has 82 valence electrons. The summed E-state index contributed by atoms with van der Waals surface area (Å²) < 4.78 is 13.1. The third-order valence-electron chi connectivity index (χ3n) is 2.80. The molecule has 1 aromatic carbocycles. The number of rotatable bonds is 3. The van der Waals surface area contributed by atoms with Crippen LogP contribution in [0.2, 0.25) is 0 Å². The topological polar surface area (TPSA) is 0 Å². The van der Waals surface area contributed by atoms with Crippen molar-refractivity contribution >= 4 is 5.57 Å². The second kappa shape index (κ2) is 5.11. The van der Waals surface area contributed by atoms with E-state index in [1.54, 1.807) is 6.07 Å². The Morgan fingerprint density at radius 1 is 1.47 bits per heavy atom. The minimum absolute atomic E-state index is 0.160. The molecule has 0 saturated heterocycles. The molecule has 0 spiro atoms. The molecule has 0 heterocycles. The number of hydrogen-bond acceptors (Lipinski definition) is 0. The SMILES string of the molecule is CCC(C)/C=C(/C)c1cc(F)ccc1C. The monoisotopic (exact) mass is 206 g/mol. The summed E-state index contributed by atoms with van der Waals surface area (Å²) in [5, 5.41) is 0. The Morgan fingerprint density at radius 2 is 2.13 bits per heavy atom. The van der Waals surface area contributed by atoms with E-state index in [0.29, 0.717) is 5.92 Å². The van der Waals surface area contributed by atoms with E-state index in [2.05, 4.69) is 19.9 Å². The lowest BCUT2D eigenvalue weighted by Gasteiger charge is -2.09. The minimum atomic E-state index is -0.160. The highest BCUT2D eigenvalue weighted by Gasteiger charge is 2.03. The molecule has 1 aromatic rings.